The van der Waals surface area contributed by atoms with Gasteiger partial charge in [-0.2, -0.15) is 0 Å². The monoisotopic (exact) mass is 331 g/mol. The Balaban J connectivity index is 1.47. The van der Waals surface area contributed by atoms with Gasteiger partial charge in [-0.25, -0.2) is 4.79 Å². The van der Waals surface area contributed by atoms with E-state index in [-0.39, 0.29) is 37.0 Å². The molecule has 128 valence electrons. The molecule has 1 aromatic rings. The van der Waals surface area contributed by atoms with Crippen molar-refractivity contribution >= 4 is 17.8 Å². The van der Waals surface area contributed by atoms with Crippen molar-refractivity contribution in [3.8, 4) is 5.75 Å². The van der Waals surface area contributed by atoms with E-state index in [1.165, 1.54) is 4.90 Å². The van der Waals surface area contributed by atoms with Crippen molar-refractivity contribution in [2.24, 2.45) is 0 Å². The van der Waals surface area contributed by atoms with E-state index in [4.69, 9.17) is 4.74 Å². The van der Waals surface area contributed by atoms with Crippen molar-refractivity contribution in [1.29, 1.82) is 0 Å². The highest BCUT2D eigenvalue weighted by molar-refractivity contribution is 6.02. The van der Waals surface area contributed by atoms with Gasteiger partial charge >= 0.3 is 6.03 Å². The van der Waals surface area contributed by atoms with E-state index in [1.54, 1.807) is 4.90 Å². The van der Waals surface area contributed by atoms with E-state index in [1.807, 2.05) is 31.2 Å². The molecule has 1 N–H and O–H groups in total. The molecule has 2 aliphatic heterocycles. The number of rotatable bonds is 4. The molecule has 2 saturated heterocycles. The summed E-state index contributed by atoms with van der Waals surface area (Å²) in [5.74, 6) is 0.405. The number of amides is 4. The van der Waals surface area contributed by atoms with E-state index >= 15 is 0 Å². The maximum absolute atomic E-state index is 12.2. The van der Waals surface area contributed by atoms with Crippen LogP contribution >= 0.6 is 0 Å². The van der Waals surface area contributed by atoms with Crippen LogP contribution in [0.5, 0.6) is 5.75 Å². The smallest absolute Gasteiger partial charge is 0.324 e. The first-order chi connectivity index (χ1) is 11.5. The van der Waals surface area contributed by atoms with Crippen molar-refractivity contribution < 1.29 is 19.1 Å². The first kappa shape index (κ1) is 16.3. The second-order valence-corrected chi connectivity index (χ2v) is 6.14. The van der Waals surface area contributed by atoms with E-state index in [2.05, 4.69) is 5.32 Å². The summed E-state index contributed by atoms with van der Waals surface area (Å²) < 4.78 is 5.52. The molecule has 2 aliphatic rings. The van der Waals surface area contributed by atoms with Crippen LogP contribution in [0.3, 0.4) is 0 Å². The van der Waals surface area contributed by atoms with Gasteiger partial charge in [0.25, 0.3) is 5.91 Å². The number of benzene rings is 1. The number of aryl methyl sites for hydroxylation is 1. The second kappa shape index (κ2) is 6.90. The number of ether oxygens (including phenoxy) is 1. The van der Waals surface area contributed by atoms with Gasteiger partial charge in [-0.15, -0.1) is 0 Å². The molecule has 0 saturated carbocycles. The summed E-state index contributed by atoms with van der Waals surface area (Å²) in [6.45, 7) is 3.11. The van der Waals surface area contributed by atoms with Crippen LogP contribution in [0.1, 0.15) is 18.4 Å². The van der Waals surface area contributed by atoms with Gasteiger partial charge in [0.2, 0.25) is 5.91 Å². The molecule has 0 aliphatic carbocycles. The maximum Gasteiger partial charge on any atom is 0.324 e. The third-order valence-electron chi connectivity index (χ3n) is 4.44. The number of nitrogens with zero attached hydrogens (tertiary/aromatic N) is 2. The van der Waals surface area contributed by atoms with Crippen molar-refractivity contribution in [1.82, 2.24) is 15.1 Å². The zero-order chi connectivity index (χ0) is 17.1. The molecule has 0 atom stereocenters. The molecule has 2 heterocycles. The van der Waals surface area contributed by atoms with Gasteiger partial charge < -0.3 is 15.0 Å². The summed E-state index contributed by atoms with van der Waals surface area (Å²) in [6, 6.07) is 7.10. The summed E-state index contributed by atoms with van der Waals surface area (Å²) in [5.41, 5.74) is 1.14. The number of piperidine rings is 1. The Kier molecular flexibility index (Phi) is 4.69. The Morgan fingerprint density at radius 3 is 2.46 bits per heavy atom. The van der Waals surface area contributed by atoms with Gasteiger partial charge in [0.15, 0.2) is 6.61 Å². The highest BCUT2D eigenvalue weighted by atomic mass is 16.5. The van der Waals surface area contributed by atoms with E-state index in [0.717, 1.165) is 5.56 Å². The minimum atomic E-state index is -0.326. The number of hydrogen-bond acceptors (Lipinski definition) is 4. The summed E-state index contributed by atoms with van der Waals surface area (Å²) in [4.78, 5) is 38.7. The molecule has 24 heavy (non-hydrogen) atoms. The van der Waals surface area contributed by atoms with Crippen LogP contribution in [0.25, 0.3) is 0 Å². The lowest BCUT2D eigenvalue weighted by molar-refractivity contribution is -0.135. The topological polar surface area (TPSA) is 79.0 Å². The molecule has 0 aromatic heterocycles. The average Bonchev–Trinajstić information content (AvgIpc) is 2.93. The number of urea groups is 1. The third kappa shape index (κ3) is 3.50. The Morgan fingerprint density at radius 1 is 1.21 bits per heavy atom. The normalized spacial score (nSPS) is 18.7. The molecule has 1 aromatic carbocycles. The molecule has 3 rings (SSSR count). The quantitative estimate of drug-likeness (QED) is 0.832. The SMILES string of the molecule is Cc1ccc(OCC(=O)N2CCC(N3C(=O)CNC3=O)CC2)cc1. The van der Waals surface area contributed by atoms with Crippen LogP contribution in [-0.2, 0) is 9.59 Å². The van der Waals surface area contributed by atoms with Crippen molar-refractivity contribution in [2.75, 3.05) is 26.2 Å². The first-order valence-electron chi connectivity index (χ1n) is 8.12. The number of carbonyl (C=O) groups is 3. The fraction of sp³-hybridized carbons (Fsp3) is 0.471. The lowest BCUT2D eigenvalue weighted by Gasteiger charge is -2.35. The van der Waals surface area contributed by atoms with Crippen LogP contribution in [0, 0.1) is 6.92 Å². The molecular formula is C17H21N3O4. The fourth-order valence-corrected chi connectivity index (χ4v) is 3.05. The highest BCUT2D eigenvalue weighted by Crippen LogP contribution is 2.19. The molecular weight excluding hydrogens is 310 g/mol. The number of imide groups is 1. The summed E-state index contributed by atoms with van der Waals surface area (Å²) >= 11 is 0. The molecule has 7 nitrogen and oxygen atoms in total. The third-order valence-corrected chi connectivity index (χ3v) is 4.44. The Labute approximate surface area is 140 Å². The summed E-state index contributed by atoms with van der Waals surface area (Å²) in [6.07, 6.45) is 1.21. The van der Waals surface area contributed by atoms with Crippen molar-refractivity contribution in [2.45, 2.75) is 25.8 Å². The summed E-state index contributed by atoms with van der Waals surface area (Å²) in [5, 5.41) is 2.53. The average molecular weight is 331 g/mol. The molecule has 0 radical (unpaired) electrons. The highest BCUT2D eigenvalue weighted by Gasteiger charge is 2.37. The number of nitrogens with one attached hydrogen (secondary N) is 1. The zero-order valence-corrected chi connectivity index (χ0v) is 13.7. The van der Waals surface area contributed by atoms with Crippen LogP contribution in [-0.4, -0.2) is 59.9 Å². The van der Waals surface area contributed by atoms with E-state index < -0.39 is 0 Å². The standard InChI is InChI=1S/C17H21N3O4/c1-12-2-4-14(5-3-12)24-11-16(22)19-8-6-13(7-9-19)20-15(21)10-18-17(20)23/h2-5,13H,6-11H2,1H3,(H,18,23). The van der Waals surface area contributed by atoms with Gasteiger partial charge in [0.05, 0.1) is 6.54 Å². The number of carbonyl (C=O) groups excluding carboxylic acids is 3. The Bertz CT molecular complexity index is 620. The Morgan fingerprint density at radius 2 is 1.88 bits per heavy atom. The van der Waals surface area contributed by atoms with E-state index in [9.17, 15) is 14.4 Å². The van der Waals surface area contributed by atoms with Crippen LogP contribution in [0.15, 0.2) is 24.3 Å². The molecule has 7 heteroatoms. The Hall–Kier alpha value is -2.57. The summed E-state index contributed by atoms with van der Waals surface area (Å²) in [7, 11) is 0. The lowest BCUT2D eigenvalue weighted by Crippen LogP contribution is -2.49. The predicted octanol–water partition coefficient (Wildman–Crippen LogP) is 0.917. The van der Waals surface area contributed by atoms with Gasteiger partial charge in [0.1, 0.15) is 5.75 Å². The van der Waals surface area contributed by atoms with Gasteiger partial charge in [-0.1, -0.05) is 17.7 Å². The molecule has 2 fully saturated rings. The van der Waals surface area contributed by atoms with Crippen molar-refractivity contribution in [3.63, 3.8) is 0 Å². The van der Waals surface area contributed by atoms with Gasteiger partial charge in [0, 0.05) is 19.1 Å². The minimum Gasteiger partial charge on any atom is -0.484 e. The largest absolute Gasteiger partial charge is 0.484 e. The van der Waals surface area contributed by atoms with Crippen LogP contribution in [0.2, 0.25) is 0 Å². The number of hydrogen-bond donors (Lipinski definition) is 1. The molecule has 4 amide bonds. The minimum absolute atomic E-state index is 0.00312. The van der Waals surface area contributed by atoms with Crippen LogP contribution in [0.4, 0.5) is 4.79 Å². The van der Waals surface area contributed by atoms with Gasteiger partial charge in [-0.05, 0) is 31.9 Å². The molecule has 0 bridgehead atoms. The molecule has 0 spiro atoms. The molecule has 0 unspecified atom stereocenters. The second-order valence-electron chi connectivity index (χ2n) is 6.14. The maximum atomic E-state index is 12.2. The number of likely N-dealkylation sites (tertiary alicyclic amines) is 1. The predicted molar refractivity (Wildman–Crippen MR) is 86.5 cm³/mol. The van der Waals surface area contributed by atoms with Crippen LogP contribution < -0.4 is 10.1 Å². The fourth-order valence-electron chi connectivity index (χ4n) is 3.05. The lowest BCUT2D eigenvalue weighted by atomic mass is 10.0. The zero-order valence-electron chi connectivity index (χ0n) is 13.7. The van der Waals surface area contributed by atoms with E-state index in [0.29, 0.717) is 31.7 Å². The van der Waals surface area contributed by atoms with Gasteiger partial charge in [-0.3, -0.25) is 14.5 Å². The first-order valence-corrected chi connectivity index (χ1v) is 8.12. The van der Waals surface area contributed by atoms with Crippen molar-refractivity contribution in [3.05, 3.63) is 29.8 Å².